The fourth-order valence-corrected chi connectivity index (χ4v) is 2.01. The summed E-state index contributed by atoms with van der Waals surface area (Å²) in [7, 11) is 0. The number of aliphatic hydroxyl groups excluding tert-OH is 1. The van der Waals surface area contributed by atoms with E-state index in [1.807, 2.05) is 0 Å². The van der Waals surface area contributed by atoms with Gasteiger partial charge in [0.05, 0.1) is 18.7 Å². The van der Waals surface area contributed by atoms with Crippen LogP contribution >= 0.6 is 0 Å². The molecular weight excluding hydrogens is 342 g/mol. The second-order valence-electron chi connectivity index (χ2n) is 5.61. The third kappa shape index (κ3) is 6.01. The molecule has 2 unspecified atom stereocenters. The number of hydrogen-bond donors (Lipinski definition) is 2. The van der Waals surface area contributed by atoms with Crippen molar-refractivity contribution < 1.29 is 51.8 Å². The van der Waals surface area contributed by atoms with Crippen molar-refractivity contribution in [1.82, 2.24) is 10.2 Å². The molecule has 1 saturated heterocycles. The van der Waals surface area contributed by atoms with Gasteiger partial charge in [0.25, 0.3) is 0 Å². The molecule has 1 aliphatic heterocycles. The van der Waals surface area contributed by atoms with Crippen LogP contribution in [-0.4, -0.2) is 53.4 Å². The van der Waals surface area contributed by atoms with Gasteiger partial charge in [-0.15, -0.1) is 0 Å². The number of amides is 3. The van der Waals surface area contributed by atoms with Crippen molar-refractivity contribution >= 4 is 11.9 Å². The first-order valence-corrected chi connectivity index (χ1v) is 6.31. The Bertz CT molecular complexity index is 355. The van der Waals surface area contributed by atoms with E-state index in [9.17, 15) is 14.0 Å². The molecule has 6 nitrogen and oxygen atoms in total. The monoisotopic (exact) mass is 363 g/mol. The van der Waals surface area contributed by atoms with Crippen LogP contribution < -0.4 is 5.32 Å². The smallest absolute Gasteiger partial charge is 0.317 e. The van der Waals surface area contributed by atoms with Gasteiger partial charge in [0, 0.05) is 45.2 Å². The quantitative estimate of drug-likeness (QED) is 0.783. The van der Waals surface area contributed by atoms with Crippen molar-refractivity contribution in [3.8, 4) is 0 Å². The zero-order valence-electron chi connectivity index (χ0n) is 11.9. The maximum absolute atomic E-state index is 13.8. The van der Waals surface area contributed by atoms with Gasteiger partial charge in [0.1, 0.15) is 6.17 Å². The zero-order chi connectivity index (χ0) is 14.6. The Morgan fingerprint density at radius 2 is 2.10 bits per heavy atom. The van der Waals surface area contributed by atoms with Crippen LogP contribution in [0.3, 0.4) is 0 Å². The second kappa shape index (κ2) is 8.24. The predicted octanol–water partition coefficient (Wildman–Crippen LogP) is 1.09. The van der Waals surface area contributed by atoms with Crippen LogP contribution in [0.15, 0.2) is 0 Å². The SMILES string of the molecule is CC(C)(CO)NC(=O)N1CCC(CC([NH-])=O)C(F)C1.[Y]. The van der Waals surface area contributed by atoms with E-state index in [2.05, 4.69) is 5.32 Å². The van der Waals surface area contributed by atoms with Gasteiger partial charge in [0.2, 0.25) is 0 Å². The van der Waals surface area contributed by atoms with E-state index in [0.717, 1.165) is 0 Å². The molecule has 1 fully saturated rings. The molecule has 0 spiro atoms. The molecule has 1 heterocycles. The predicted molar refractivity (Wildman–Crippen MR) is 68.2 cm³/mol. The Morgan fingerprint density at radius 1 is 1.50 bits per heavy atom. The van der Waals surface area contributed by atoms with Crippen LogP contribution in [0, 0.1) is 5.92 Å². The number of carbonyl (C=O) groups excluding carboxylic acids is 2. The minimum Gasteiger partial charge on any atom is -0.668 e. The van der Waals surface area contributed by atoms with Crippen LogP contribution in [0.4, 0.5) is 9.18 Å². The molecular formula is C12H21FN3O3Y-. The number of aliphatic hydroxyl groups is 1. The topological polar surface area (TPSA) is 93.4 Å². The summed E-state index contributed by atoms with van der Waals surface area (Å²) in [6.07, 6.45) is -1.01. The first-order valence-electron chi connectivity index (χ1n) is 6.31. The van der Waals surface area contributed by atoms with Crippen LogP contribution in [-0.2, 0) is 37.5 Å². The van der Waals surface area contributed by atoms with Crippen LogP contribution in [0.2, 0.25) is 0 Å². The molecule has 3 amide bonds. The van der Waals surface area contributed by atoms with Crippen molar-refractivity contribution in [3.05, 3.63) is 5.73 Å². The number of carbonyl (C=O) groups is 2. The van der Waals surface area contributed by atoms with Crippen LogP contribution in [0.1, 0.15) is 26.7 Å². The van der Waals surface area contributed by atoms with E-state index in [4.69, 9.17) is 10.8 Å². The van der Waals surface area contributed by atoms with E-state index < -0.39 is 29.6 Å². The summed E-state index contributed by atoms with van der Waals surface area (Å²) in [6.45, 7) is 3.41. The number of urea groups is 1. The fourth-order valence-electron chi connectivity index (χ4n) is 2.01. The second-order valence-corrected chi connectivity index (χ2v) is 5.61. The van der Waals surface area contributed by atoms with Gasteiger partial charge in [-0.05, 0) is 32.6 Å². The van der Waals surface area contributed by atoms with E-state index in [0.29, 0.717) is 13.0 Å². The summed E-state index contributed by atoms with van der Waals surface area (Å²) in [5.41, 5.74) is 6.10. The number of nitrogens with zero attached hydrogens (tertiary/aromatic N) is 1. The normalized spacial score (nSPS) is 22.9. The largest absolute Gasteiger partial charge is 0.668 e. The minimum absolute atomic E-state index is 0. The molecule has 0 bridgehead atoms. The fraction of sp³-hybridized carbons (Fsp3) is 0.833. The van der Waals surface area contributed by atoms with Crippen molar-refractivity contribution in [2.24, 2.45) is 5.92 Å². The number of nitrogens with one attached hydrogen (secondary N) is 2. The summed E-state index contributed by atoms with van der Waals surface area (Å²) < 4.78 is 13.8. The number of rotatable bonds is 4. The average molecular weight is 363 g/mol. The van der Waals surface area contributed by atoms with Crippen molar-refractivity contribution in [1.29, 1.82) is 0 Å². The molecule has 0 saturated carbocycles. The minimum atomic E-state index is -1.29. The summed E-state index contributed by atoms with van der Waals surface area (Å²) >= 11 is 0. The Labute approximate surface area is 143 Å². The average Bonchev–Trinajstić information content (AvgIpc) is 2.30. The maximum Gasteiger partial charge on any atom is 0.317 e. The van der Waals surface area contributed by atoms with Crippen LogP contribution in [0.5, 0.6) is 0 Å². The Hall–Kier alpha value is -0.266. The van der Waals surface area contributed by atoms with E-state index >= 15 is 0 Å². The Kier molecular flexibility index (Phi) is 8.13. The van der Waals surface area contributed by atoms with Crippen molar-refractivity contribution in [3.63, 3.8) is 0 Å². The standard InChI is InChI=1S/C12H22FN3O3.Y/c1-12(2,7-17)15-11(19)16-4-3-8(5-10(14)18)9(13)6-16;/h8-9,17H,3-7H2,1-2H3,(H3,14,15,18,19);/p-1. The number of alkyl halides is 1. The third-order valence-electron chi connectivity index (χ3n) is 3.25. The number of hydrogen-bond acceptors (Lipinski definition) is 3. The maximum atomic E-state index is 13.8. The molecule has 1 rings (SSSR count). The molecule has 1 radical (unpaired) electrons. The molecule has 2 atom stereocenters. The number of piperidine rings is 1. The number of halogens is 1. The molecule has 3 N–H and O–H groups in total. The van der Waals surface area contributed by atoms with Crippen molar-refractivity contribution in [2.45, 2.75) is 38.4 Å². The summed E-state index contributed by atoms with van der Waals surface area (Å²) in [5, 5.41) is 11.7. The van der Waals surface area contributed by atoms with E-state index in [1.165, 1.54) is 4.90 Å². The van der Waals surface area contributed by atoms with Gasteiger partial charge in [-0.25, -0.2) is 9.18 Å². The summed E-state index contributed by atoms with van der Waals surface area (Å²) in [6, 6.07) is -0.419. The molecule has 113 valence electrons. The molecule has 8 heteroatoms. The Balaban J connectivity index is 0.00000361. The molecule has 0 aromatic rings. The summed E-state index contributed by atoms with van der Waals surface area (Å²) in [4.78, 5) is 23.9. The van der Waals surface area contributed by atoms with Gasteiger partial charge in [-0.1, -0.05) is 0 Å². The molecule has 1 aliphatic rings. The zero-order valence-corrected chi connectivity index (χ0v) is 14.7. The molecule has 0 aliphatic carbocycles. The first-order chi connectivity index (χ1) is 8.75. The van der Waals surface area contributed by atoms with Gasteiger partial charge >= 0.3 is 6.03 Å². The van der Waals surface area contributed by atoms with Gasteiger partial charge in [-0.2, -0.15) is 0 Å². The summed E-state index contributed by atoms with van der Waals surface area (Å²) in [5.74, 6) is -1.24. The molecule has 0 aromatic carbocycles. The van der Waals surface area contributed by atoms with E-state index in [-0.39, 0.29) is 52.3 Å². The Morgan fingerprint density at radius 3 is 2.55 bits per heavy atom. The first kappa shape index (κ1) is 19.7. The van der Waals surface area contributed by atoms with Gasteiger partial charge in [0.15, 0.2) is 0 Å². The van der Waals surface area contributed by atoms with Crippen molar-refractivity contribution in [2.75, 3.05) is 19.7 Å². The number of likely N-dealkylation sites (tertiary alicyclic amines) is 1. The van der Waals surface area contributed by atoms with Gasteiger partial charge in [-0.3, -0.25) is 0 Å². The van der Waals surface area contributed by atoms with Gasteiger partial charge < -0.3 is 25.9 Å². The van der Waals surface area contributed by atoms with Crippen LogP contribution in [0.25, 0.3) is 5.73 Å². The third-order valence-corrected chi connectivity index (χ3v) is 3.25. The van der Waals surface area contributed by atoms with E-state index in [1.54, 1.807) is 13.8 Å². The molecule has 20 heavy (non-hydrogen) atoms. The molecule has 0 aromatic heterocycles.